The minimum atomic E-state index is 0. The van der Waals surface area contributed by atoms with E-state index in [9.17, 15) is 0 Å². The standard InChI is InChI=1S/4Fe.2H2O.2H2S/h;;;;4*1H2. The molecule has 0 rings (SSSR count). The van der Waals surface area contributed by atoms with Crippen molar-refractivity contribution in [1.29, 1.82) is 0 Å². The maximum Gasteiger partial charge on any atom is 0 e. The van der Waals surface area contributed by atoms with E-state index in [1.165, 1.54) is 0 Å². The molecule has 64 valence electrons. The maximum absolute atomic E-state index is 0. The summed E-state index contributed by atoms with van der Waals surface area (Å²) in [7, 11) is 0. The van der Waals surface area contributed by atoms with Gasteiger partial charge in [-0.15, -0.1) is 0 Å². The summed E-state index contributed by atoms with van der Waals surface area (Å²) in [5, 5.41) is 0. The van der Waals surface area contributed by atoms with Crippen molar-refractivity contribution in [3.05, 3.63) is 0 Å². The summed E-state index contributed by atoms with van der Waals surface area (Å²) in [4.78, 5) is 0. The SMILES string of the molecule is O.O.[Fe].[Fe].[Fe].[Fe].[SH-].[SH3+]. The third kappa shape index (κ3) is 70.8. The van der Waals surface area contributed by atoms with Gasteiger partial charge in [-0.2, -0.15) is 0 Å². The van der Waals surface area contributed by atoms with E-state index in [1.807, 2.05) is 0 Å². The van der Waals surface area contributed by atoms with Gasteiger partial charge >= 0.3 is 0 Å². The van der Waals surface area contributed by atoms with E-state index in [1.54, 1.807) is 0 Å². The Kier molecular flexibility index (Phi) is 1740. The van der Waals surface area contributed by atoms with Crippen LogP contribution in [0, 0.1) is 0 Å². The second-order valence-electron chi connectivity index (χ2n) is 0. The largest absolute Gasteiger partial charge is 0.813 e. The van der Waals surface area contributed by atoms with Crippen molar-refractivity contribution in [2.75, 3.05) is 0 Å². The van der Waals surface area contributed by atoms with Crippen LogP contribution in [0.5, 0.6) is 0 Å². The predicted molar refractivity (Wildman–Crippen MR) is 27.5 cm³/mol. The van der Waals surface area contributed by atoms with Crippen molar-refractivity contribution >= 4 is 27.0 Å². The smallest absolute Gasteiger partial charge is 0 e. The first-order valence-corrected chi connectivity index (χ1v) is 0. The van der Waals surface area contributed by atoms with E-state index >= 15 is 0 Å². The van der Waals surface area contributed by atoms with Crippen LogP contribution in [0.25, 0.3) is 0 Å². The fraction of sp³-hybridized carbons (Fsp3) is 0. The van der Waals surface area contributed by atoms with Gasteiger partial charge in [0.05, 0.1) is 0 Å². The Morgan fingerprint density at radius 3 is 0.500 bits per heavy atom. The van der Waals surface area contributed by atoms with Gasteiger partial charge in [0.1, 0.15) is 0 Å². The number of hydrogen-bond acceptors (Lipinski definition) is 1. The Balaban J connectivity index is 0. The van der Waals surface area contributed by atoms with E-state index in [2.05, 4.69) is 0 Å². The van der Waals surface area contributed by atoms with Crippen LogP contribution in [-0.4, -0.2) is 11.0 Å². The molecule has 0 heterocycles. The average Bonchev–Trinajstić information content (AvgIpc) is 0. The van der Waals surface area contributed by atoms with Crippen LogP contribution in [0.2, 0.25) is 0 Å². The molecule has 2 nitrogen and oxygen atoms in total. The molecule has 0 aromatic rings. The van der Waals surface area contributed by atoms with Crippen LogP contribution < -0.4 is 0 Å². The van der Waals surface area contributed by atoms with E-state index in [0.29, 0.717) is 0 Å². The van der Waals surface area contributed by atoms with Gasteiger partial charge in [-0.25, -0.2) is 0 Å². The van der Waals surface area contributed by atoms with Gasteiger partial charge in [0.15, 0.2) is 0 Å². The molecule has 8 heavy (non-hydrogen) atoms. The molecule has 0 spiro atoms. The molecule has 0 aliphatic carbocycles. The molecule has 0 atom stereocenters. The third-order valence-corrected chi connectivity index (χ3v) is 0. The number of thiol groups is 1. The monoisotopic (exact) mass is 328 g/mol. The van der Waals surface area contributed by atoms with Crippen LogP contribution in [0.3, 0.4) is 0 Å². The predicted octanol–water partition coefficient (Wildman–Crippen LogP) is -2.73. The molecule has 0 saturated heterocycles. The zero-order valence-electron chi connectivity index (χ0n) is 3.44. The van der Waals surface area contributed by atoms with E-state index in [0.717, 1.165) is 0 Å². The van der Waals surface area contributed by atoms with Crippen LogP contribution in [-0.2, 0) is 95.3 Å². The molecular formula is H8Fe4O2S2. The molecule has 0 unspecified atom stereocenters. The average molecular weight is 328 g/mol. The third-order valence-electron chi connectivity index (χ3n) is 0. The van der Waals surface area contributed by atoms with Crippen molar-refractivity contribution in [2.45, 2.75) is 0 Å². The first-order chi connectivity index (χ1) is 0. The topological polar surface area (TPSA) is 63.0 Å². The normalized spacial score (nSPS) is 0. The molecule has 0 amide bonds. The molecule has 8 heteroatoms. The molecule has 4 N–H and O–H groups in total. The van der Waals surface area contributed by atoms with E-state index in [4.69, 9.17) is 0 Å². The molecule has 0 bridgehead atoms. The van der Waals surface area contributed by atoms with Crippen LogP contribution in [0.4, 0.5) is 0 Å². The van der Waals surface area contributed by atoms with Crippen LogP contribution >= 0.6 is 0 Å². The van der Waals surface area contributed by atoms with Gasteiger partial charge < -0.3 is 24.4 Å². The summed E-state index contributed by atoms with van der Waals surface area (Å²) in [6.07, 6.45) is 0. The zero-order valence-corrected chi connectivity index (χ0v) is 9.90. The fourth-order valence-electron chi connectivity index (χ4n) is 0. The Bertz CT molecular complexity index is 12.0. The van der Waals surface area contributed by atoms with Crippen molar-refractivity contribution in [1.82, 2.24) is 0 Å². The molecule has 0 saturated carbocycles. The van der Waals surface area contributed by atoms with Gasteiger partial charge in [-0.1, -0.05) is 13.5 Å². The van der Waals surface area contributed by atoms with Crippen LogP contribution in [0.1, 0.15) is 0 Å². The van der Waals surface area contributed by atoms with Gasteiger partial charge in [-0.3, -0.25) is 0 Å². The quantitative estimate of drug-likeness (QED) is 0.206. The fourth-order valence-corrected chi connectivity index (χ4v) is 0. The summed E-state index contributed by atoms with van der Waals surface area (Å²) >= 11 is 0. The summed E-state index contributed by atoms with van der Waals surface area (Å²) in [6.45, 7) is 0. The van der Waals surface area contributed by atoms with Crippen molar-refractivity contribution in [3.63, 3.8) is 0 Å². The minimum absolute atomic E-state index is 0. The summed E-state index contributed by atoms with van der Waals surface area (Å²) < 4.78 is 0. The first kappa shape index (κ1) is 138. The Hall–Kier alpha value is 2.70. The molecule has 0 aliphatic rings. The van der Waals surface area contributed by atoms with Gasteiger partial charge in [0, 0.05) is 68.3 Å². The molecule has 0 fully saturated rings. The minimum Gasteiger partial charge on any atom is -0.813 e. The van der Waals surface area contributed by atoms with Gasteiger partial charge in [0.2, 0.25) is 0 Å². The molecular weight excluding hydrogens is 320 g/mol. The molecule has 0 aliphatic heterocycles. The second-order valence-corrected chi connectivity index (χ2v) is 0. The Morgan fingerprint density at radius 1 is 0.500 bits per heavy atom. The summed E-state index contributed by atoms with van der Waals surface area (Å²) in [6, 6.07) is 0. The second kappa shape index (κ2) is 101. The van der Waals surface area contributed by atoms with Crippen molar-refractivity contribution < 1.29 is 79.2 Å². The summed E-state index contributed by atoms with van der Waals surface area (Å²) in [5.74, 6) is 0. The van der Waals surface area contributed by atoms with E-state index < -0.39 is 0 Å². The van der Waals surface area contributed by atoms with Crippen molar-refractivity contribution in [2.24, 2.45) is 0 Å². The Morgan fingerprint density at radius 2 is 0.500 bits per heavy atom. The van der Waals surface area contributed by atoms with E-state index in [-0.39, 0.29) is 106 Å². The van der Waals surface area contributed by atoms with Gasteiger partial charge in [0.25, 0.3) is 0 Å². The summed E-state index contributed by atoms with van der Waals surface area (Å²) in [5.41, 5.74) is 0. The molecule has 0 aromatic carbocycles. The first-order valence-electron chi connectivity index (χ1n) is 0. The van der Waals surface area contributed by atoms with Gasteiger partial charge in [-0.05, 0) is 0 Å². The zero-order chi connectivity index (χ0) is 0. The number of hydrogen-bond donors (Lipinski definition) is 0. The van der Waals surface area contributed by atoms with Crippen LogP contribution in [0.15, 0.2) is 0 Å². The van der Waals surface area contributed by atoms with Crippen molar-refractivity contribution in [3.8, 4) is 0 Å². The maximum atomic E-state index is 0. The molecule has 0 aromatic heterocycles. The number of rotatable bonds is 0. The molecule has 0 radical (unpaired) electrons. The Labute approximate surface area is 105 Å².